The van der Waals surface area contributed by atoms with E-state index in [4.69, 9.17) is 0 Å². The topological polar surface area (TPSA) is 101 Å². The van der Waals surface area contributed by atoms with Gasteiger partial charge in [0.2, 0.25) is 5.91 Å². The van der Waals surface area contributed by atoms with Crippen LogP contribution in [0.2, 0.25) is 0 Å². The number of halogens is 1. The van der Waals surface area contributed by atoms with Crippen molar-refractivity contribution in [1.29, 1.82) is 0 Å². The molecule has 0 unspecified atom stereocenters. The Morgan fingerprint density at radius 3 is 2.60 bits per heavy atom. The van der Waals surface area contributed by atoms with Crippen LogP contribution in [-0.4, -0.2) is 31.4 Å². The molecule has 0 saturated carbocycles. The highest BCUT2D eigenvalue weighted by atomic mass is 19.1. The number of carbonyl (C=O) groups excluding carboxylic acids is 2. The number of hydrogen-bond donors (Lipinski definition) is 2. The third-order valence-electron chi connectivity index (χ3n) is 3.75. The van der Waals surface area contributed by atoms with Crippen LogP contribution in [0.4, 0.5) is 4.39 Å². The van der Waals surface area contributed by atoms with E-state index in [2.05, 4.69) is 25.9 Å². The molecule has 0 aliphatic rings. The van der Waals surface area contributed by atoms with Crippen LogP contribution in [0.25, 0.3) is 5.78 Å². The monoisotopic (exact) mass is 342 g/mol. The van der Waals surface area contributed by atoms with Crippen molar-refractivity contribution in [3.63, 3.8) is 0 Å². The second kappa shape index (κ2) is 6.63. The van der Waals surface area contributed by atoms with E-state index >= 15 is 0 Å². The van der Waals surface area contributed by atoms with Gasteiger partial charge in [-0.25, -0.2) is 13.9 Å². The Morgan fingerprint density at radius 1 is 1.16 bits per heavy atom. The summed E-state index contributed by atoms with van der Waals surface area (Å²) in [5, 5.41) is 4.06. The molecular formula is C16H15FN6O2. The smallest absolute Gasteiger partial charge is 0.269 e. The summed E-state index contributed by atoms with van der Waals surface area (Å²) >= 11 is 0. The van der Waals surface area contributed by atoms with E-state index in [9.17, 15) is 14.0 Å². The van der Waals surface area contributed by atoms with Gasteiger partial charge in [0.05, 0.1) is 6.42 Å². The number of nitrogens with one attached hydrogen (secondary N) is 2. The molecule has 1 aromatic carbocycles. The zero-order valence-corrected chi connectivity index (χ0v) is 13.6. The molecule has 2 N–H and O–H groups in total. The molecule has 3 rings (SSSR count). The van der Waals surface area contributed by atoms with Crippen molar-refractivity contribution in [2.75, 3.05) is 0 Å². The van der Waals surface area contributed by atoms with Gasteiger partial charge >= 0.3 is 0 Å². The lowest BCUT2D eigenvalue weighted by atomic mass is 10.1. The van der Waals surface area contributed by atoms with Crippen LogP contribution >= 0.6 is 0 Å². The quantitative estimate of drug-likeness (QED) is 0.688. The molecule has 2 aromatic heterocycles. The maximum atomic E-state index is 12.9. The minimum atomic E-state index is -0.536. The van der Waals surface area contributed by atoms with Crippen molar-refractivity contribution >= 4 is 17.6 Å². The first-order valence-electron chi connectivity index (χ1n) is 7.46. The number of benzene rings is 1. The van der Waals surface area contributed by atoms with Crippen molar-refractivity contribution in [2.24, 2.45) is 0 Å². The molecule has 0 bridgehead atoms. The van der Waals surface area contributed by atoms with Crippen LogP contribution in [0, 0.1) is 19.7 Å². The molecule has 0 saturated heterocycles. The van der Waals surface area contributed by atoms with Crippen molar-refractivity contribution in [2.45, 2.75) is 20.3 Å². The zero-order valence-electron chi connectivity index (χ0n) is 13.6. The predicted octanol–water partition coefficient (Wildman–Crippen LogP) is 0.884. The van der Waals surface area contributed by atoms with Crippen LogP contribution in [0.3, 0.4) is 0 Å². The molecule has 128 valence electrons. The van der Waals surface area contributed by atoms with E-state index in [0.717, 1.165) is 5.69 Å². The molecular weight excluding hydrogens is 327 g/mol. The van der Waals surface area contributed by atoms with E-state index in [1.54, 1.807) is 11.4 Å². The fourth-order valence-corrected chi connectivity index (χ4v) is 2.42. The Bertz CT molecular complexity index is 951. The minimum Gasteiger partial charge on any atom is -0.273 e. The van der Waals surface area contributed by atoms with Crippen molar-refractivity contribution in [3.05, 3.63) is 58.9 Å². The van der Waals surface area contributed by atoms with Crippen LogP contribution in [0.15, 0.2) is 30.6 Å². The van der Waals surface area contributed by atoms with Gasteiger partial charge in [-0.15, -0.1) is 0 Å². The lowest BCUT2D eigenvalue weighted by Gasteiger charge is -2.11. The van der Waals surface area contributed by atoms with Crippen LogP contribution in [0.1, 0.15) is 27.3 Å². The predicted molar refractivity (Wildman–Crippen MR) is 86.0 cm³/mol. The van der Waals surface area contributed by atoms with E-state index in [1.807, 2.05) is 6.92 Å². The van der Waals surface area contributed by atoms with Gasteiger partial charge in [-0.3, -0.25) is 20.4 Å². The Labute approximate surface area is 142 Å². The molecule has 3 aromatic rings. The van der Waals surface area contributed by atoms with Gasteiger partial charge in [-0.05, 0) is 38.1 Å². The number of carbonyl (C=O) groups is 2. The molecule has 25 heavy (non-hydrogen) atoms. The normalized spacial score (nSPS) is 10.7. The highest BCUT2D eigenvalue weighted by Gasteiger charge is 2.15. The first-order valence-corrected chi connectivity index (χ1v) is 7.46. The van der Waals surface area contributed by atoms with Gasteiger partial charge in [0, 0.05) is 22.5 Å². The molecule has 2 amide bonds. The number of nitrogens with zero attached hydrogens (tertiary/aromatic N) is 4. The summed E-state index contributed by atoms with van der Waals surface area (Å²) in [5.74, 6) is -0.930. The first-order chi connectivity index (χ1) is 12.0. The minimum absolute atomic E-state index is 0.0180. The molecule has 8 nitrogen and oxygen atoms in total. The largest absolute Gasteiger partial charge is 0.273 e. The maximum absolute atomic E-state index is 12.9. The Kier molecular flexibility index (Phi) is 4.38. The van der Waals surface area contributed by atoms with E-state index in [-0.39, 0.29) is 12.0 Å². The number of fused-ring (bicyclic) bond motifs is 1. The fourth-order valence-electron chi connectivity index (χ4n) is 2.42. The Hall–Kier alpha value is -3.36. The molecule has 0 spiro atoms. The van der Waals surface area contributed by atoms with E-state index < -0.39 is 17.6 Å². The van der Waals surface area contributed by atoms with Gasteiger partial charge < -0.3 is 0 Å². The zero-order chi connectivity index (χ0) is 18.0. The molecule has 0 aliphatic heterocycles. The standard InChI is InChI=1S/C16H15FN6O2/c1-9-13(10(2)23-16(20-9)18-8-19-23)7-14(24)21-22-15(25)11-3-5-12(17)6-4-11/h3-6,8H,7H2,1-2H3,(H,21,24)(H,22,25). The second-order valence-electron chi connectivity index (χ2n) is 5.42. The number of hydrazine groups is 1. The Balaban J connectivity index is 1.67. The van der Waals surface area contributed by atoms with Gasteiger partial charge in [0.15, 0.2) is 0 Å². The number of aryl methyl sites for hydroxylation is 2. The summed E-state index contributed by atoms with van der Waals surface area (Å²) in [6, 6.07) is 4.99. The summed E-state index contributed by atoms with van der Waals surface area (Å²) in [6.45, 7) is 3.59. The summed E-state index contributed by atoms with van der Waals surface area (Å²) < 4.78 is 14.4. The van der Waals surface area contributed by atoms with Crippen LogP contribution in [-0.2, 0) is 11.2 Å². The van der Waals surface area contributed by atoms with Crippen molar-refractivity contribution in [1.82, 2.24) is 30.4 Å². The molecule has 0 radical (unpaired) electrons. The van der Waals surface area contributed by atoms with Gasteiger partial charge in [0.25, 0.3) is 11.7 Å². The van der Waals surface area contributed by atoms with E-state index in [1.165, 1.54) is 30.6 Å². The Morgan fingerprint density at radius 2 is 1.88 bits per heavy atom. The van der Waals surface area contributed by atoms with Crippen molar-refractivity contribution in [3.8, 4) is 0 Å². The average Bonchev–Trinajstić information content (AvgIpc) is 3.05. The number of aromatic nitrogens is 4. The molecule has 0 atom stereocenters. The van der Waals surface area contributed by atoms with Crippen LogP contribution < -0.4 is 10.9 Å². The summed E-state index contributed by atoms with van der Waals surface area (Å²) in [7, 11) is 0. The third-order valence-corrected chi connectivity index (χ3v) is 3.75. The van der Waals surface area contributed by atoms with E-state index in [0.29, 0.717) is 17.0 Å². The number of amides is 2. The summed E-state index contributed by atoms with van der Waals surface area (Å²) in [5.41, 5.74) is 6.98. The first kappa shape index (κ1) is 16.5. The number of hydrogen-bond acceptors (Lipinski definition) is 5. The lowest BCUT2D eigenvalue weighted by Crippen LogP contribution is -2.42. The molecule has 0 aliphatic carbocycles. The van der Waals surface area contributed by atoms with Gasteiger partial charge in [0.1, 0.15) is 12.1 Å². The lowest BCUT2D eigenvalue weighted by molar-refractivity contribution is -0.121. The maximum Gasteiger partial charge on any atom is 0.269 e. The second-order valence-corrected chi connectivity index (χ2v) is 5.42. The average molecular weight is 342 g/mol. The molecule has 2 heterocycles. The summed E-state index contributed by atoms with van der Waals surface area (Å²) in [6.07, 6.45) is 1.41. The highest BCUT2D eigenvalue weighted by Crippen LogP contribution is 2.13. The number of rotatable bonds is 3. The fraction of sp³-hybridized carbons (Fsp3) is 0.188. The van der Waals surface area contributed by atoms with Gasteiger partial charge in [-0.1, -0.05) is 0 Å². The van der Waals surface area contributed by atoms with Crippen LogP contribution in [0.5, 0.6) is 0 Å². The molecule has 0 fully saturated rings. The highest BCUT2D eigenvalue weighted by molar-refractivity contribution is 5.95. The summed E-state index contributed by atoms with van der Waals surface area (Å²) in [4.78, 5) is 32.3. The molecule has 9 heteroatoms. The third kappa shape index (κ3) is 3.44. The SMILES string of the molecule is Cc1nc2ncnn2c(C)c1CC(=O)NNC(=O)c1ccc(F)cc1. The van der Waals surface area contributed by atoms with Crippen molar-refractivity contribution < 1.29 is 14.0 Å². The van der Waals surface area contributed by atoms with Gasteiger partial charge in [-0.2, -0.15) is 10.1 Å².